The van der Waals surface area contributed by atoms with Gasteiger partial charge in [-0.25, -0.2) is 0 Å². The third-order valence-corrected chi connectivity index (χ3v) is 7.62. The fourth-order valence-electron chi connectivity index (χ4n) is 5.90. The Kier molecular flexibility index (Phi) is 7.07. The number of rotatable bonds is 5. The van der Waals surface area contributed by atoms with Crippen molar-refractivity contribution in [1.29, 1.82) is 0 Å². The van der Waals surface area contributed by atoms with Crippen molar-refractivity contribution in [2.24, 2.45) is 5.41 Å². The van der Waals surface area contributed by atoms with Crippen LogP contribution < -0.4 is 14.8 Å². The molecule has 4 rings (SSSR count). The van der Waals surface area contributed by atoms with Crippen molar-refractivity contribution < 1.29 is 37.0 Å². The molecule has 0 saturated heterocycles. The van der Waals surface area contributed by atoms with Gasteiger partial charge in [-0.15, -0.1) is 0 Å². The average Bonchev–Trinajstić information content (AvgIpc) is 2.97. The zero-order chi connectivity index (χ0) is 27.2. The first-order chi connectivity index (χ1) is 17.4. The van der Waals surface area contributed by atoms with Crippen molar-refractivity contribution >= 4 is 17.6 Å². The van der Waals surface area contributed by atoms with E-state index >= 15 is 13.2 Å². The maximum Gasteiger partial charge on any atom is 0.425 e. The molecule has 1 saturated carbocycles. The lowest BCUT2D eigenvalue weighted by atomic mass is 9.72. The summed E-state index contributed by atoms with van der Waals surface area (Å²) in [5.41, 5.74) is -4.76. The standard InChI is InChI=1S/C27H33F3N2O5/c1-25(2)14-18-22(19(33)15-25)26(27(28,29)30,24(35)32(18)17-9-7-5-6-8-10-17)31-23(34)16-11-12-20(36-3)21(13-16)37-4/h11-13,17H,5-10,14-15H2,1-4H3,(H,31,34). The Labute approximate surface area is 214 Å². The van der Waals surface area contributed by atoms with E-state index in [2.05, 4.69) is 0 Å². The molecular formula is C27H33F3N2O5. The molecule has 1 aromatic carbocycles. The zero-order valence-corrected chi connectivity index (χ0v) is 21.6. The summed E-state index contributed by atoms with van der Waals surface area (Å²) < 4.78 is 55.5. The normalized spacial score (nSPS) is 24.6. The molecule has 1 atom stereocenters. The third-order valence-electron chi connectivity index (χ3n) is 7.62. The first kappa shape index (κ1) is 27.0. The summed E-state index contributed by atoms with van der Waals surface area (Å²) in [6, 6.07) is 3.46. The van der Waals surface area contributed by atoms with Gasteiger partial charge in [0.25, 0.3) is 11.8 Å². The minimum absolute atomic E-state index is 0.100. The smallest absolute Gasteiger partial charge is 0.425 e. The lowest BCUT2D eigenvalue weighted by Gasteiger charge is -2.36. The number of ketones is 1. The SMILES string of the molecule is COc1ccc(C(=O)NC2(C(F)(F)F)C(=O)N(C3CCCCCC3)C3=C2C(=O)CC(C)(C)C3)cc1OC. The average molecular weight is 523 g/mol. The number of hydrogen-bond donors (Lipinski definition) is 1. The van der Waals surface area contributed by atoms with E-state index in [1.165, 1.54) is 37.3 Å². The number of Topliss-reactive ketones (excluding diaryl/α,β-unsaturated/α-hetero) is 1. The van der Waals surface area contributed by atoms with Gasteiger partial charge in [0.1, 0.15) is 0 Å². The topological polar surface area (TPSA) is 84.9 Å². The van der Waals surface area contributed by atoms with Gasteiger partial charge in [-0.2, -0.15) is 13.2 Å². The predicted molar refractivity (Wildman–Crippen MR) is 129 cm³/mol. The molecule has 0 aromatic heterocycles. The molecule has 0 radical (unpaired) electrons. The van der Waals surface area contributed by atoms with E-state index in [1.807, 2.05) is 5.32 Å². The number of nitrogens with one attached hydrogen (secondary N) is 1. The van der Waals surface area contributed by atoms with Gasteiger partial charge < -0.3 is 19.7 Å². The third kappa shape index (κ3) is 4.59. The Morgan fingerprint density at radius 3 is 2.19 bits per heavy atom. The second-order valence-electron chi connectivity index (χ2n) is 10.9. The van der Waals surface area contributed by atoms with Gasteiger partial charge in [0.05, 0.1) is 19.8 Å². The number of allylic oxidation sites excluding steroid dienone is 1. The molecule has 1 aromatic rings. The van der Waals surface area contributed by atoms with Gasteiger partial charge in [0, 0.05) is 23.7 Å². The van der Waals surface area contributed by atoms with Crippen molar-refractivity contribution in [1.82, 2.24) is 10.2 Å². The number of benzene rings is 1. The number of halogens is 3. The zero-order valence-electron chi connectivity index (χ0n) is 21.6. The Morgan fingerprint density at radius 1 is 1.00 bits per heavy atom. The van der Waals surface area contributed by atoms with Crippen LogP contribution >= 0.6 is 0 Å². The quantitative estimate of drug-likeness (QED) is 0.554. The first-order valence-electron chi connectivity index (χ1n) is 12.6. The fourth-order valence-corrected chi connectivity index (χ4v) is 5.90. The number of methoxy groups -OCH3 is 2. The van der Waals surface area contributed by atoms with Crippen LogP contribution in [0, 0.1) is 5.41 Å². The molecule has 7 nitrogen and oxygen atoms in total. The summed E-state index contributed by atoms with van der Waals surface area (Å²) in [5, 5.41) is 2.00. The molecule has 202 valence electrons. The van der Waals surface area contributed by atoms with Crippen molar-refractivity contribution in [2.75, 3.05) is 14.2 Å². The van der Waals surface area contributed by atoms with Crippen molar-refractivity contribution in [3.05, 3.63) is 35.0 Å². The highest BCUT2D eigenvalue weighted by Gasteiger charge is 2.72. The molecule has 37 heavy (non-hydrogen) atoms. The van der Waals surface area contributed by atoms with Gasteiger partial charge in [-0.3, -0.25) is 14.4 Å². The number of nitrogens with zero attached hydrogens (tertiary/aromatic N) is 1. The summed E-state index contributed by atoms with van der Waals surface area (Å²) in [4.78, 5) is 41.8. The molecule has 1 aliphatic heterocycles. The fraction of sp³-hybridized carbons (Fsp3) is 0.593. The van der Waals surface area contributed by atoms with Gasteiger partial charge in [-0.1, -0.05) is 39.5 Å². The summed E-state index contributed by atoms with van der Waals surface area (Å²) in [5.74, 6) is -2.77. The van der Waals surface area contributed by atoms with Crippen LogP contribution in [0.3, 0.4) is 0 Å². The molecule has 10 heteroatoms. The van der Waals surface area contributed by atoms with E-state index in [-0.39, 0.29) is 35.6 Å². The molecule has 0 spiro atoms. The van der Waals surface area contributed by atoms with Crippen LogP contribution in [0.1, 0.15) is 75.6 Å². The van der Waals surface area contributed by atoms with E-state index in [9.17, 15) is 14.4 Å². The second-order valence-corrected chi connectivity index (χ2v) is 10.9. The minimum Gasteiger partial charge on any atom is -0.493 e. The van der Waals surface area contributed by atoms with Crippen LogP contribution in [0.5, 0.6) is 11.5 Å². The molecular weight excluding hydrogens is 489 g/mol. The highest BCUT2D eigenvalue weighted by Crippen LogP contribution is 2.53. The van der Waals surface area contributed by atoms with Crippen LogP contribution in [0.25, 0.3) is 0 Å². The van der Waals surface area contributed by atoms with E-state index < -0.39 is 46.3 Å². The van der Waals surface area contributed by atoms with Gasteiger partial charge >= 0.3 is 6.18 Å². The highest BCUT2D eigenvalue weighted by molar-refractivity contribution is 6.14. The molecule has 2 amide bonds. The largest absolute Gasteiger partial charge is 0.493 e. The number of amides is 2. The predicted octanol–water partition coefficient (Wildman–Crippen LogP) is 4.94. The van der Waals surface area contributed by atoms with E-state index in [0.717, 1.165) is 25.7 Å². The van der Waals surface area contributed by atoms with Crippen molar-refractivity contribution in [3.63, 3.8) is 0 Å². The van der Waals surface area contributed by atoms with E-state index in [0.29, 0.717) is 12.8 Å². The number of carbonyl (C=O) groups excluding carboxylic acids is 3. The minimum atomic E-state index is -5.24. The summed E-state index contributed by atoms with van der Waals surface area (Å²) in [6.07, 6.45) is -0.708. The van der Waals surface area contributed by atoms with Crippen LogP contribution in [0.2, 0.25) is 0 Å². The van der Waals surface area contributed by atoms with Crippen LogP contribution in [0.4, 0.5) is 13.2 Å². The molecule has 1 heterocycles. The van der Waals surface area contributed by atoms with Crippen molar-refractivity contribution in [2.45, 2.75) is 83.0 Å². The van der Waals surface area contributed by atoms with Crippen LogP contribution in [-0.4, -0.2) is 54.5 Å². The molecule has 0 bridgehead atoms. The van der Waals surface area contributed by atoms with Crippen molar-refractivity contribution in [3.8, 4) is 11.5 Å². The molecule has 1 unspecified atom stereocenters. The highest BCUT2D eigenvalue weighted by atomic mass is 19.4. The number of ether oxygens (including phenoxy) is 2. The Hall–Kier alpha value is -3.04. The van der Waals surface area contributed by atoms with E-state index in [4.69, 9.17) is 9.47 Å². The maximum absolute atomic E-state index is 15.1. The number of carbonyl (C=O) groups is 3. The number of hydrogen-bond acceptors (Lipinski definition) is 5. The Balaban J connectivity index is 1.85. The summed E-state index contributed by atoms with van der Waals surface area (Å²) in [6.45, 7) is 3.61. The number of alkyl halides is 3. The lowest BCUT2D eigenvalue weighted by Crippen LogP contribution is -2.66. The molecule has 3 aliphatic rings. The van der Waals surface area contributed by atoms with Gasteiger partial charge in [0.2, 0.25) is 5.54 Å². The Morgan fingerprint density at radius 2 is 1.62 bits per heavy atom. The Bertz CT molecular complexity index is 1140. The summed E-state index contributed by atoms with van der Waals surface area (Å²) in [7, 11) is 2.72. The van der Waals surface area contributed by atoms with Gasteiger partial charge in [0.15, 0.2) is 17.3 Å². The molecule has 1 fully saturated rings. The van der Waals surface area contributed by atoms with Gasteiger partial charge in [-0.05, 0) is 42.9 Å². The van der Waals surface area contributed by atoms with E-state index in [1.54, 1.807) is 13.8 Å². The van der Waals surface area contributed by atoms with Crippen LogP contribution in [-0.2, 0) is 9.59 Å². The molecule has 2 aliphatic carbocycles. The maximum atomic E-state index is 15.1. The monoisotopic (exact) mass is 522 g/mol. The molecule has 1 N–H and O–H groups in total. The lowest BCUT2D eigenvalue weighted by molar-refractivity contribution is -0.191. The first-order valence-corrected chi connectivity index (χ1v) is 12.6. The van der Waals surface area contributed by atoms with Crippen LogP contribution in [0.15, 0.2) is 29.5 Å². The summed E-state index contributed by atoms with van der Waals surface area (Å²) >= 11 is 0. The second kappa shape index (κ2) is 9.68.